The van der Waals surface area contributed by atoms with Gasteiger partial charge in [0, 0.05) is 0 Å². The zero-order valence-electron chi connectivity index (χ0n) is 18.2. The summed E-state index contributed by atoms with van der Waals surface area (Å²) in [5.74, 6) is 1.21. The summed E-state index contributed by atoms with van der Waals surface area (Å²) in [6.45, 7) is 13.4. The van der Waals surface area contributed by atoms with Gasteiger partial charge in [-0.05, 0) is 103 Å². The van der Waals surface area contributed by atoms with Gasteiger partial charge in [0.25, 0.3) is 0 Å². The Bertz CT molecular complexity index is 651. The fourth-order valence-corrected chi connectivity index (χ4v) is 3.10. The molecule has 2 heteroatoms. The fraction of sp³-hybridized carbons (Fsp3) is 0.520. The van der Waals surface area contributed by atoms with Crippen molar-refractivity contribution in [1.82, 2.24) is 0 Å². The summed E-state index contributed by atoms with van der Waals surface area (Å²) >= 11 is 0. The zero-order valence-corrected chi connectivity index (χ0v) is 18.2. The first kappa shape index (κ1) is 23.1. The average Bonchev–Trinajstić information content (AvgIpc) is 2.56. The minimum Gasteiger partial charge on any atom is -0.508 e. The van der Waals surface area contributed by atoms with Crippen molar-refractivity contribution in [2.75, 3.05) is 6.61 Å². The van der Waals surface area contributed by atoms with Gasteiger partial charge in [-0.1, -0.05) is 34.9 Å². The summed E-state index contributed by atoms with van der Waals surface area (Å²) in [4.78, 5) is 0. The van der Waals surface area contributed by atoms with Crippen molar-refractivity contribution in [2.24, 2.45) is 0 Å². The van der Waals surface area contributed by atoms with E-state index in [1.54, 1.807) is 12.1 Å². The number of benzene rings is 1. The van der Waals surface area contributed by atoms with Gasteiger partial charge in [-0.3, -0.25) is 0 Å². The Labute approximate surface area is 166 Å². The lowest BCUT2D eigenvalue weighted by molar-refractivity contribution is 0.307. The molecular weight excluding hydrogens is 332 g/mol. The van der Waals surface area contributed by atoms with E-state index >= 15 is 0 Å². The first-order valence-electron chi connectivity index (χ1n) is 10.2. The number of ether oxygens (including phenoxy) is 1. The minimum atomic E-state index is 0.303. The molecule has 0 spiro atoms. The van der Waals surface area contributed by atoms with Gasteiger partial charge >= 0.3 is 0 Å². The van der Waals surface area contributed by atoms with Crippen LogP contribution in [0.4, 0.5) is 0 Å². The van der Waals surface area contributed by atoms with E-state index in [4.69, 9.17) is 4.74 Å². The van der Waals surface area contributed by atoms with E-state index in [9.17, 15) is 5.11 Å². The van der Waals surface area contributed by atoms with Crippen LogP contribution in [0.25, 0.3) is 0 Å². The number of rotatable bonds is 11. The molecule has 1 aromatic rings. The maximum absolute atomic E-state index is 9.59. The Balaban J connectivity index is 2.26. The van der Waals surface area contributed by atoms with Gasteiger partial charge in [-0.2, -0.15) is 0 Å². The van der Waals surface area contributed by atoms with Crippen LogP contribution in [0.2, 0.25) is 0 Å². The third-order valence-corrected chi connectivity index (χ3v) is 4.66. The molecule has 0 heterocycles. The van der Waals surface area contributed by atoms with Crippen molar-refractivity contribution in [1.29, 1.82) is 0 Å². The Kier molecular flexibility index (Phi) is 10.6. The molecule has 1 aromatic carbocycles. The van der Waals surface area contributed by atoms with Crippen LogP contribution in [0.1, 0.15) is 77.3 Å². The lowest BCUT2D eigenvalue weighted by atomic mass is 10.1. The van der Waals surface area contributed by atoms with E-state index in [2.05, 4.69) is 45.9 Å². The smallest absolute Gasteiger partial charge is 0.125 e. The molecule has 0 fully saturated rings. The van der Waals surface area contributed by atoms with E-state index in [1.807, 2.05) is 13.8 Å². The van der Waals surface area contributed by atoms with Gasteiger partial charge in [0.05, 0.1) is 6.61 Å². The van der Waals surface area contributed by atoms with Crippen LogP contribution in [0.15, 0.2) is 47.1 Å². The largest absolute Gasteiger partial charge is 0.508 e. The van der Waals surface area contributed by atoms with Crippen molar-refractivity contribution in [2.45, 2.75) is 80.1 Å². The Morgan fingerprint density at radius 3 is 1.93 bits per heavy atom. The van der Waals surface area contributed by atoms with Crippen LogP contribution < -0.4 is 4.74 Å². The van der Waals surface area contributed by atoms with Crippen LogP contribution in [0, 0.1) is 13.8 Å². The first-order valence-corrected chi connectivity index (χ1v) is 10.2. The molecule has 0 atom stereocenters. The molecule has 0 bridgehead atoms. The molecule has 0 unspecified atom stereocenters. The second-order valence-electron chi connectivity index (χ2n) is 7.86. The SMILES string of the molecule is CC(C)=CCCC(C)=CCCC(C)=CCCCOc1c(C)cc(O)cc1C. The normalized spacial score (nSPS) is 12.2. The van der Waals surface area contributed by atoms with Crippen molar-refractivity contribution in [3.63, 3.8) is 0 Å². The highest BCUT2D eigenvalue weighted by atomic mass is 16.5. The van der Waals surface area contributed by atoms with Crippen LogP contribution in [0.3, 0.4) is 0 Å². The van der Waals surface area contributed by atoms with Crippen molar-refractivity contribution in [3.05, 3.63) is 58.2 Å². The summed E-state index contributed by atoms with van der Waals surface area (Å²) in [6, 6.07) is 3.50. The number of aryl methyl sites for hydroxylation is 2. The quantitative estimate of drug-likeness (QED) is 0.321. The van der Waals surface area contributed by atoms with E-state index in [1.165, 1.54) is 23.1 Å². The Morgan fingerprint density at radius 2 is 1.37 bits per heavy atom. The number of aromatic hydroxyl groups is 1. The second kappa shape index (κ2) is 12.4. The molecular formula is C25H38O2. The molecule has 150 valence electrons. The molecule has 0 aromatic heterocycles. The first-order chi connectivity index (χ1) is 12.8. The van der Waals surface area contributed by atoms with Gasteiger partial charge in [-0.15, -0.1) is 0 Å². The van der Waals surface area contributed by atoms with Gasteiger partial charge in [-0.25, -0.2) is 0 Å². The number of phenols is 1. The van der Waals surface area contributed by atoms with E-state index < -0.39 is 0 Å². The highest BCUT2D eigenvalue weighted by Crippen LogP contribution is 2.27. The third kappa shape index (κ3) is 10.1. The molecule has 2 nitrogen and oxygen atoms in total. The summed E-state index contributed by atoms with van der Waals surface area (Å²) < 4.78 is 5.92. The standard InChI is InChI=1S/C25H38O2/c1-19(2)11-9-13-21(4)15-10-14-20(3)12-7-8-16-27-25-22(5)17-24(26)18-23(25)6/h11-12,15,17-18,26H,7-10,13-14,16H2,1-6H3. The molecule has 0 saturated carbocycles. The summed E-state index contributed by atoms with van der Waals surface area (Å²) in [5.41, 5.74) is 6.34. The Morgan fingerprint density at radius 1 is 0.852 bits per heavy atom. The highest BCUT2D eigenvalue weighted by Gasteiger charge is 2.05. The molecule has 0 radical (unpaired) electrons. The van der Waals surface area contributed by atoms with Crippen LogP contribution in [-0.4, -0.2) is 11.7 Å². The molecule has 0 aliphatic heterocycles. The number of phenolic OH excluding ortho intramolecular Hbond substituents is 1. The Hall–Kier alpha value is -1.96. The van der Waals surface area contributed by atoms with Crippen LogP contribution in [0.5, 0.6) is 11.5 Å². The summed E-state index contributed by atoms with van der Waals surface area (Å²) in [7, 11) is 0. The lowest BCUT2D eigenvalue weighted by Crippen LogP contribution is -2.00. The fourth-order valence-electron chi connectivity index (χ4n) is 3.10. The van der Waals surface area contributed by atoms with Crippen molar-refractivity contribution < 1.29 is 9.84 Å². The predicted molar refractivity (Wildman–Crippen MR) is 118 cm³/mol. The maximum atomic E-state index is 9.59. The second-order valence-corrected chi connectivity index (χ2v) is 7.86. The van der Waals surface area contributed by atoms with Crippen molar-refractivity contribution >= 4 is 0 Å². The van der Waals surface area contributed by atoms with E-state index in [0.29, 0.717) is 12.4 Å². The average molecular weight is 371 g/mol. The monoisotopic (exact) mass is 370 g/mol. The molecule has 1 N–H and O–H groups in total. The van der Waals surface area contributed by atoms with Crippen LogP contribution in [-0.2, 0) is 0 Å². The number of allylic oxidation sites excluding steroid dienone is 6. The lowest BCUT2D eigenvalue weighted by Gasteiger charge is -2.12. The molecule has 0 aliphatic carbocycles. The predicted octanol–water partition coefficient (Wildman–Crippen LogP) is 7.59. The summed E-state index contributed by atoms with van der Waals surface area (Å²) in [5, 5.41) is 9.59. The number of unbranched alkanes of at least 4 members (excludes halogenated alkanes) is 1. The van der Waals surface area contributed by atoms with Gasteiger partial charge in [0.2, 0.25) is 0 Å². The maximum Gasteiger partial charge on any atom is 0.125 e. The minimum absolute atomic E-state index is 0.303. The van der Waals surface area contributed by atoms with E-state index in [0.717, 1.165) is 49.0 Å². The highest BCUT2D eigenvalue weighted by molar-refractivity contribution is 5.45. The van der Waals surface area contributed by atoms with Gasteiger partial charge < -0.3 is 9.84 Å². The zero-order chi connectivity index (χ0) is 20.2. The molecule has 1 rings (SSSR count). The van der Waals surface area contributed by atoms with E-state index in [-0.39, 0.29) is 0 Å². The van der Waals surface area contributed by atoms with Gasteiger partial charge in [0.15, 0.2) is 0 Å². The third-order valence-electron chi connectivity index (χ3n) is 4.66. The number of hydrogen-bond acceptors (Lipinski definition) is 2. The molecule has 0 saturated heterocycles. The molecule has 0 amide bonds. The summed E-state index contributed by atoms with van der Waals surface area (Å²) in [6.07, 6.45) is 13.7. The molecule has 27 heavy (non-hydrogen) atoms. The number of hydrogen-bond donors (Lipinski definition) is 1. The molecule has 0 aliphatic rings. The van der Waals surface area contributed by atoms with Crippen LogP contribution >= 0.6 is 0 Å². The van der Waals surface area contributed by atoms with Gasteiger partial charge in [0.1, 0.15) is 11.5 Å². The van der Waals surface area contributed by atoms with Crippen molar-refractivity contribution in [3.8, 4) is 11.5 Å². The topological polar surface area (TPSA) is 29.5 Å².